The fraction of sp³-hybridized carbons (Fsp3) is 0.400. The van der Waals surface area contributed by atoms with Crippen LogP contribution in [0.5, 0.6) is 0 Å². The Hall–Kier alpha value is -1.86. The number of hydrogen-bond donors (Lipinski definition) is 2. The van der Waals surface area contributed by atoms with Crippen LogP contribution in [0.1, 0.15) is 23.7 Å². The number of nitrogens with zero attached hydrogens (tertiary/aromatic N) is 2. The monoisotopic (exact) mass is 320 g/mol. The molecule has 0 unspecified atom stereocenters. The summed E-state index contributed by atoms with van der Waals surface area (Å²) < 4.78 is 25.9. The topological polar surface area (TPSA) is 78.1 Å². The van der Waals surface area contributed by atoms with Crippen LogP contribution >= 0.6 is 0 Å². The van der Waals surface area contributed by atoms with Crippen molar-refractivity contribution in [1.29, 1.82) is 0 Å². The van der Waals surface area contributed by atoms with Gasteiger partial charge in [-0.2, -0.15) is 5.10 Å². The van der Waals surface area contributed by atoms with Crippen molar-refractivity contribution in [2.45, 2.75) is 26.4 Å². The highest BCUT2D eigenvalue weighted by molar-refractivity contribution is 7.92. The normalized spacial score (nSPS) is 15.5. The van der Waals surface area contributed by atoms with Gasteiger partial charge in [0.1, 0.15) is 0 Å². The molecule has 118 valence electrons. The van der Waals surface area contributed by atoms with Gasteiger partial charge in [-0.25, -0.2) is 8.42 Å². The van der Waals surface area contributed by atoms with Gasteiger partial charge in [-0.3, -0.25) is 14.7 Å². The van der Waals surface area contributed by atoms with Crippen molar-refractivity contribution in [3.63, 3.8) is 0 Å². The Morgan fingerprint density at radius 2 is 2.09 bits per heavy atom. The average Bonchev–Trinajstić information content (AvgIpc) is 2.90. The van der Waals surface area contributed by atoms with E-state index in [1.165, 1.54) is 5.56 Å². The van der Waals surface area contributed by atoms with E-state index in [2.05, 4.69) is 32.0 Å². The van der Waals surface area contributed by atoms with E-state index >= 15 is 0 Å². The fourth-order valence-electron chi connectivity index (χ4n) is 2.65. The Labute approximate surface area is 130 Å². The number of benzene rings is 1. The number of aromatic amines is 1. The second-order valence-electron chi connectivity index (χ2n) is 5.48. The molecule has 0 bridgehead atoms. The molecule has 0 aliphatic carbocycles. The molecule has 0 atom stereocenters. The molecule has 0 amide bonds. The lowest BCUT2D eigenvalue weighted by Gasteiger charge is -2.26. The maximum atomic E-state index is 11.7. The van der Waals surface area contributed by atoms with Crippen molar-refractivity contribution in [1.82, 2.24) is 15.1 Å². The lowest BCUT2D eigenvalue weighted by Crippen LogP contribution is -2.30. The van der Waals surface area contributed by atoms with Gasteiger partial charge in [0.25, 0.3) is 0 Å². The lowest BCUT2D eigenvalue weighted by atomic mass is 10.1. The summed E-state index contributed by atoms with van der Waals surface area (Å²) in [6.45, 7) is 4.14. The highest BCUT2D eigenvalue weighted by atomic mass is 32.2. The Balaban J connectivity index is 1.71. The highest BCUT2D eigenvalue weighted by Crippen LogP contribution is 2.25. The summed E-state index contributed by atoms with van der Waals surface area (Å²) in [5.74, 6) is 0.505. The third-order valence-corrected chi connectivity index (χ3v) is 5.16. The summed E-state index contributed by atoms with van der Waals surface area (Å²) in [7, 11) is -3.28. The molecule has 0 saturated heterocycles. The predicted octanol–water partition coefficient (Wildman–Crippen LogP) is 1.73. The van der Waals surface area contributed by atoms with Crippen LogP contribution in [0.2, 0.25) is 0 Å². The zero-order valence-electron chi connectivity index (χ0n) is 12.5. The third kappa shape index (κ3) is 3.31. The first-order chi connectivity index (χ1) is 10.6. The zero-order valence-corrected chi connectivity index (χ0v) is 13.4. The zero-order chi connectivity index (χ0) is 15.6. The van der Waals surface area contributed by atoms with Crippen molar-refractivity contribution in [2.24, 2.45) is 0 Å². The van der Waals surface area contributed by atoms with E-state index in [-0.39, 0.29) is 5.75 Å². The summed E-state index contributed by atoms with van der Waals surface area (Å²) in [6.07, 6.45) is 0.792. The minimum absolute atomic E-state index is 0.0504. The van der Waals surface area contributed by atoms with Crippen LogP contribution in [-0.4, -0.2) is 35.8 Å². The number of hydrogen-bond acceptors (Lipinski definition) is 4. The van der Waals surface area contributed by atoms with Crippen LogP contribution in [0.3, 0.4) is 0 Å². The Bertz CT molecular complexity index is 740. The first-order valence-corrected chi connectivity index (χ1v) is 9.05. The van der Waals surface area contributed by atoms with Gasteiger partial charge >= 0.3 is 0 Å². The average molecular weight is 320 g/mol. The molecule has 0 saturated carbocycles. The second kappa shape index (κ2) is 6.10. The third-order valence-electron chi connectivity index (χ3n) is 3.89. The van der Waals surface area contributed by atoms with E-state index in [9.17, 15) is 8.42 Å². The van der Waals surface area contributed by atoms with Gasteiger partial charge in [0.05, 0.1) is 11.4 Å². The van der Waals surface area contributed by atoms with Gasteiger partial charge in [0.15, 0.2) is 5.82 Å². The molecule has 6 nitrogen and oxygen atoms in total. The van der Waals surface area contributed by atoms with E-state index < -0.39 is 10.0 Å². The van der Waals surface area contributed by atoms with Crippen LogP contribution in [0.4, 0.5) is 5.82 Å². The van der Waals surface area contributed by atoms with E-state index in [0.29, 0.717) is 5.82 Å². The van der Waals surface area contributed by atoms with Crippen LogP contribution in [-0.2, 0) is 29.5 Å². The van der Waals surface area contributed by atoms with Crippen LogP contribution in [0.25, 0.3) is 0 Å². The van der Waals surface area contributed by atoms with Gasteiger partial charge in [0.2, 0.25) is 10.0 Å². The Morgan fingerprint density at radius 1 is 1.32 bits per heavy atom. The van der Waals surface area contributed by atoms with Gasteiger partial charge < -0.3 is 0 Å². The van der Waals surface area contributed by atoms with Gasteiger partial charge in [0, 0.05) is 25.2 Å². The summed E-state index contributed by atoms with van der Waals surface area (Å²) in [5, 5.41) is 7.10. The molecule has 1 aromatic heterocycles. The molecule has 2 heterocycles. The van der Waals surface area contributed by atoms with Crippen LogP contribution in [0, 0.1) is 0 Å². The number of aromatic nitrogens is 2. The number of rotatable bonds is 5. The fourth-order valence-corrected chi connectivity index (χ4v) is 3.26. The largest absolute Gasteiger partial charge is 0.293 e. The minimum Gasteiger partial charge on any atom is -0.293 e. The van der Waals surface area contributed by atoms with Crippen molar-refractivity contribution < 1.29 is 8.42 Å². The summed E-state index contributed by atoms with van der Waals surface area (Å²) >= 11 is 0. The maximum absolute atomic E-state index is 11.7. The highest BCUT2D eigenvalue weighted by Gasteiger charge is 2.23. The molecular weight excluding hydrogens is 300 g/mol. The number of H-pyrrole nitrogens is 1. The molecular formula is C15H20N4O2S. The molecule has 0 radical (unpaired) electrons. The van der Waals surface area contributed by atoms with E-state index in [1.54, 1.807) is 6.92 Å². The van der Waals surface area contributed by atoms with Crippen molar-refractivity contribution >= 4 is 15.8 Å². The molecule has 1 aliphatic rings. The smallest absolute Gasteiger partial charge is 0.233 e. The molecule has 0 fully saturated rings. The van der Waals surface area contributed by atoms with E-state index in [0.717, 1.165) is 37.3 Å². The van der Waals surface area contributed by atoms with Crippen LogP contribution < -0.4 is 4.72 Å². The van der Waals surface area contributed by atoms with E-state index in [1.807, 2.05) is 18.2 Å². The first kappa shape index (κ1) is 15.1. The molecule has 1 aliphatic heterocycles. The number of nitrogens with one attached hydrogen (secondary N) is 2. The number of sulfonamides is 1. The summed E-state index contributed by atoms with van der Waals surface area (Å²) in [6, 6.07) is 10.3. The van der Waals surface area contributed by atoms with Gasteiger partial charge in [-0.15, -0.1) is 0 Å². The number of anilines is 1. The molecule has 7 heteroatoms. The standard InChI is InChI=1S/C15H20N4O2S/c1-2-22(20,21)18-15-13-8-9-19(11-14(13)16-17-15)10-12-6-4-3-5-7-12/h3-7H,2,8-11H2,1H3,(H2,16,17,18). The summed E-state index contributed by atoms with van der Waals surface area (Å²) in [5.41, 5.74) is 3.26. The quantitative estimate of drug-likeness (QED) is 0.879. The van der Waals surface area contributed by atoms with Crippen molar-refractivity contribution in [3.8, 4) is 0 Å². The SMILES string of the molecule is CCS(=O)(=O)Nc1n[nH]c2c1CCN(Cc1ccccc1)C2. The predicted molar refractivity (Wildman–Crippen MR) is 85.9 cm³/mol. The minimum atomic E-state index is -3.28. The van der Waals surface area contributed by atoms with Gasteiger partial charge in [-0.1, -0.05) is 30.3 Å². The molecule has 2 N–H and O–H groups in total. The Kier molecular flexibility index (Phi) is 4.17. The molecule has 2 aromatic rings. The molecule has 22 heavy (non-hydrogen) atoms. The van der Waals surface area contributed by atoms with Crippen molar-refractivity contribution in [3.05, 3.63) is 47.2 Å². The molecule has 0 spiro atoms. The van der Waals surface area contributed by atoms with Gasteiger partial charge in [-0.05, 0) is 18.9 Å². The second-order valence-corrected chi connectivity index (χ2v) is 7.49. The lowest BCUT2D eigenvalue weighted by molar-refractivity contribution is 0.242. The Morgan fingerprint density at radius 3 is 2.82 bits per heavy atom. The van der Waals surface area contributed by atoms with Crippen molar-refractivity contribution in [2.75, 3.05) is 17.0 Å². The van der Waals surface area contributed by atoms with E-state index in [4.69, 9.17) is 0 Å². The molecule has 3 rings (SSSR count). The first-order valence-electron chi connectivity index (χ1n) is 7.40. The number of fused-ring (bicyclic) bond motifs is 1. The molecule has 1 aromatic carbocycles. The van der Waals surface area contributed by atoms with Crippen LogP contribution in [0.15, 0.2) is 30.3 Å². The summed E-state index contributed by atoms with van der Waals surface area (Å²) in [4.78, 5) is 2.33. The maximum Gasteiger partial charge on any atom is 0.233 e.